The van der Waals surface area contributed by atoms with Crippen LogP contribution in [0.3, 0.4) is 0 Å². The number of aromatic nitrogens is 3. The summed E-state index contributed by atoms with van der Waals surface area (Å²) < 4.78 is 5.00. The minimum absolute atomic E-state index is 0. The Morgan fingerprint density at radius 2 is 2.29 bits per heavy atom. The van der Waals surface area contributed by atoms with Crippen molar-refractivity contribution in [3.63, 3.8) is 0 Å². The van der Waals surface area contributed by atoms with Gasteiger partial charge < -0.3 is 9.84 Å². The topological polar surface area (TPSA) is 63.8 Å². The first-order valence-corrected chi connectivity index (χ1v) is 5.23. The van der Waals surface area contributed by atoms with Crippen molar-refractivity contribution in [1.29, 1.82) is 0 Å². The molecule has 0 aromatic carbocycles. The minimum Gasteiger partial charge on any atom is -0.339 e. The van der Waals surface area contributed by atoms with E-state index in [4.69, 9.17) is 4.52 Å². The van der Waals surface area contributed by atoms with Gasteiger partial charge in [0.1, 0.15) is 0 Å². The van der Waals surface area contributed by atoms with Crippen LogP contribution in [0, 0.1) is 6.92 Å². The lowest BCUT2D eigenvalue weighted by Crippen LogP contribution is -2.16. The van der Waals surface area contributed by atoms with Crippen molar-refractivity contribution >= 4 is 12.4 Å². The smallest absolute Gasteiger partial charge is 0.227 e. The molecule has 5 nitrogen and oxygen atoms in total. The van der Waals surface area contributed by atoms with Gasteiger partial charge in [-0.25, -0.2) is 0 Å². The van der Waals surface area contributed by atoms with Crippen LogP contribution in [-0.2, 0) is 13.0 Å². The average molecular weight is 255 g/mol. The summed E-state index contributed by atoms with van der Waals surface area (Å²) in [5, 5.41) is 7.02. The van der Waals surface area contributed by atoms with E-state index >= 15 is 0 Å². The predicted octanol–water partition coefficient (Wildman–Crippen LogP) is 1.53. The molecule has 2 aromatic rings. The fraction of sp³-hybridized carbons (Fsp3) is 0.364. The van der Waals surface area contributed by atoms with E-state index in [1.807, 2.05) is 25.3 Å². The minimum atomic E-state index is 0. The van der Waals surface area contributed by atoms with Gasteiger partial charge in [0.2, 0.25) is 5.89 Å². The van der Waals surface area contributed by atoms with E-state index in [9.17, 15) is 0 Å². The third-order valence-electron chi connectivity index (χ3n) is 2.14. The van der Waals surface area contributed by atoms with E-state index in [-0.39, 0.29) is 12.4 Å². The first-order valence-electron chi connectivity index (χ1n) is 5.23. The largest absolute Gasteiger partial charge is 0.339 e. The van der Waals surface area contributed by atoms with Crippen molar-refractivity contribution in [2.24, 2.45) is 0 Å². The van der Waals surface area contributed by atoms with Crippen LogP contribution in [0.5, 0.6) is 0 Å². The summed E-state index contributed by atoms with van der Waals surface area (Å²) in [6, 6.07) is 3.97. The summed E-state index contributed by atoms with van der Waals surface area (Å²) in [6.45, 7) is 3.44. The highest BCUT2D eigenvalue weighted by Crippen LogP contribution is 1.97. The van der Waals surface area contributed by atoms with Gasteiger partial charge in [0.25, 0.3) is 0 Å². The predicted molar refractivity (Wildman–Crippen MR) is 65.9 cm³/mol. The number of aryl methyl sites for hydroxylation is 1. The number of nitrogens with zero attached hydrogens (tertiary/aromatic N) is 3. The molecule has 0 fully saturated rings. The molecule has 0 saturated carbocycles. The van der Waals surface area contributed by atoms with Crippen LogP contribution in [0.25, 0.3) is 0 Å². The van der Waals surface area contributed by atoms with Gasteiger partial charge in [-0.2, -0.15) is 4.98 Å². The van der Waals surface area contributed by atoms with Crippen LogP contribution >= 0.6 is 12.4 Å². The van der Waals surface area contributed by atoms with Gasteiger partial charge in [-0.1, -0.05) is 11.2 Å². The molecule has 2 aromatic heterocycles. The molecular weight excluding hydrogens is 240 g/mol. The summed E-state index contributed by atoms with van der Waals surface area (Å²) in [5.41, 5.74) is 1.17. The van der Waals surface area contributed by atoms with Crippen LogP contribution in [-0.4, -0.2) is 21.7 Å². The molecule has 0 unspecified atom stereocenters. The van der Waals surface area contributed by atoms with Crippen molar-refractivity contribution in [2.75, 3.05) is 6.54 Å². The standard InChI is InChI=1S/C11H14N4O.ClH/c1-9-14-11(16-15-9)4-6-13-8-10-3-2-5-12-7-10;/h2-3,5,7,13H,4,6,8H2,1H3;1H. The highest BCUT2D eigenvalue weighted by Gasteiger charge is 2.01. The molecule has 92 valence electrons. The van der Waals surface area contributed by atoms with Gasteiger partial charge in [-0.05, 0) is 18.6 Å². The average Bonchev–Trinajstić information content (AvgIpc) is 2.72. The molecule has 6 heteroatoms. The van der Waals surface area contributed by atoms with E-state index in [0.717, 1.165) is 19.5 Å². The monoisotopic (exact) mass is 254 g/mol. The number of halogens is 1. The van der Waals surface area contributed by atoms with Crippen molar-refractivity contribution < 1.29 is 4.52 Å². The Kier molecular flexibility index (Phi) is 5.59. The normalized spacial score (nSPS) is 9.94. The SMILES string of the molecule is Cc1noc(CCNCc2cccnc2)n1.Cl. The lowest BCUT2D eigenvalue weighted by Gasteiger charge is -2.01. The van der Waals surface area contributed by atoms with E-state index < -0.39 is 0 Å². The van der Waals surface area contributed by atoms with Crippen LogP contribution in [0.1, 0.15) is 17.3 Å². The van der Waals surface area contributed by atoms with Gasteiger partial charge >= 0.3 is 0 Å². The summed E-state index contributed by atoms with van der Waals surface area (Å²) in [6.07, 6.45) is 4.37. The maximum atomic E-state index is 5.00. The molecule has 2 heterocycles. The second-order valence-corrected chi connectivity index (χ2v) is 3.52. The summed E-state index contributed by atoms with van der Waals surface area (Å²) in [4.78, 5) is 8.17. The van der Waals surface area contributed by atoms with E-state index in [0.29, 0.717) is 11.7 Å². The van der Waals surface area contributed by atoms with Gasteiger partial charge in [0.15, 0.2) is 5.82 Å². The zero-order chi connectivity index (χ0) is 11.2. The molecule has 0 bridgehead atoms. The van der Waals surface area contributed by atoms with Crippen molar-refractivity contribution in [3.05, 3.63) is 41.8 Å². The third-order valence-corrected chi connectivity index (χ3v) is 2.14. The van der Waals surface area contributed by atoms with Gasteiger partial charge in [-0.15, -0.1) is 12.4 Å². The van der Waals surface area contributed by atoms with E-state index in [2.05, 4.69) is 20.4 Å². The second kappa shape index (κ2) is 6.98. The highest BCUT2D eigenvalue weighted by atomic mass is 35.5. The number of hydrogen-bond donors (Lipinski definition) is 1. The first kappa shape index (κ1) is 13.6. The Hall–Kier alpha value is -1.46. The van der Waals surface area contributed by atoms with Gasteiger partial charge in [0.05, 0.1) is 0 Å². The molecule has 2 rings (SSSR count). The Labute approximate surface area is 106 Å². The number of hydrogen-bond acceptors (Lipinski definition) is 5. The fourth-order valence-electron chi connectivity index (χ4n) is 1.37. The van der Waals surface area contributed by atoms with E-state index in [1.54, 1.807) is 6.20 Å². The molecule has 1 N–H and O–H groups in total. The summed E-state index contributed by atoms with van der Waals surface area (Å²) in [7, 11) is 0. The van der Waals surface area contributed by atoms with Gasteiger partial charge in [0, 0.05) is 31.9 Å². The number of nitrogens with one attached hydrogen (secondary N) is 1. The van der Waals surface area contributed by atoms with Crippen LogP contribution in [0.2, 0.25) is 0 Å². The molecule has 0 aliphatic rings. The lowest BCUT2D eigenvalue weighted by molar-refractivity contribution is 0.372. The maximum Gasteiger partial charge on any atom is 0.227 e. The lowest BCUT2D eigenvalue weighted by atomic mass is 10.3. The first-order chi connectivity index (χ1) is 7.84. The summed E-state index contributed by atoms with van der Waals surface area (Å²) in [5.74, 6) is 1.36. The van der Waals surface area contributed by atoms with E-state index in [1.165, 1.54) is 5.56 Å². The number of pyridine rings is 1. The molecular formula is C11H15ClN4O. The zero-order valence-electron chi connectivity index (χ0n) is 9.59. The van der Waals surface area contributed by atoms with Crippen molar-refractivity contribution in [1.82, 2.24) is 20.4 Å². The quantitative estimate of drug-likeness (QED) is 0.820. The van der Waals surface area contributed by atoms with Crippen LogP contribution < -0.4 is 5.32 Å². The van der Waals surface area contributed by atoms with Crippen molar-refractivity contribution in [3.8, 4) is 0 Å². The Morgan fingerprint density at radius 1 is 1.41 bits per heavy atom. The molecule has 0 aliphatic carbocycles. The number of rotatable bonds is 5. The maximum absolute atomic E-state index is 5.00. The molecule has 0 saturated heterocycles. The molecule has 17 heavy (non-hydrogen) atoms. The van der Waals surface area contributed by atoms with Gasteiger partial charge in [-0.3, -0.25) is 4.98 Å². The Morgan fingerprint density at radius 3 is 2.94 bits per heavy atom. The molecule has 0 aliphatic heterocycles. The molecule has 0 atom stereocenters. The fourth-order valence-corrected chi connectivity index (χ4v) is 1.37. The zero-order valence-corrected chi connectivity index (χ0v) is 10.4. The summed E-state index contributed by atoms with van der Waals surface area (Å²) >= 11 is 0. The highest BCUT2D eigenvalue weighted by molar-refractivity contribution is 5.85. The van der Waals surface area contributed by atoms with Crippen molar-refractivity contribution in [2.45, 2.75) is 19.9 Å². The Bertz CT molecular complexity index is 432. The van der Waals surface area contributed by atoms with Crippen LogP contribution in [0.4, 0.5) is 0 Å². The third kappa shape index (κ3) is 4.50. The molecule has 0 radical (unpaired) electrons. The van der Waals surface area contributed by atoms with Crippen LogP contribution in [0.15, 0.2) is 29.0 Å². The molecule has 0 amide bonds. The molecule has 0 spiro atoms. The Balaban J connectivity index is 0.00000144. The second-order valence-electron chi connectivity index (χ2n) is 3.52.